The lowest BCUT2D eigenvalue weighted by molar-refractivity contribution is -0.144. The lowest BCUT2D eigenvalue weighted by atomic mass is 10.0. The van der Waals surface area contributed by atoms with E-state index in [1.165, 1.54) is 30.3 Å². The van der Waals surface area contributed by atoms with E-state index in [1.807, 2.05) is 0 Å². The number of nitrogens with one attached hydrogen (secondary N) is 1. The number of primary sulfonamides is 1. The molecule has 148 valence electrons. The number of rotatable bonds is 3. The summed E-state index contributed by atoms with van der Waals surface area (Å²) in [5.41, 5.74) is 0.831. The molecular formula is C17H12Cl2F3N3O2S. The molecule has 0 aliphatic carbocycles. The number of sulfonamides is 1. The molecule has 0 bridgehead atoms. The van der Waals surface area contributed by atoms with Crippen molar-refractivity contribution in [2.45, 2.75) is 18.0 Å². The van der Waals surface area contributed by atoms with E-state index in [2.05, 4.69) is 9.97 Å². The van der Waals surface area contributed by atoms with Crippen LogP contribution >= 0.6 is 23.2 Å². The number of hydrogen-bond donors (Lipinski definition) is 2. The van der Waals surface area contributed by atoms with E-state index >= 15 is 0 Å². The van der Waals surface area contributed by atoms with Crippen molar-refractivity contribution in [1.29, 1.82) is 0 Å². The Balaban J connectivity index is 2.29. The van der Waals surface area contributed by atoms with Gasteiger partial charge in [0.1, 0.15) is 0 Å². The smallest absolute Gasteiger partial charge is 0.334 e. The molecule has 0 aliphatic rings. The van der Waals surface area contributed by atoms with Gasteiger partial charge >= 0.3 is 6.18 Å². The summed E-state index contributed by atoms with van der Waals surface area (Å²) >= 11 is 12.2. The molecule has 2 aromatic carbocycles. The van der Waals surface area contributed by atoms with E-state index in [0.717, 1.165) is 6.07 Å². The molecule has 11 heteroatoms. The van der Waals surface area contributed by atoms with E-state index in [-0.39, 0.29) is 37.5 Å². The van der Waals surface area contributed by atoms with Crippen LogP contribution in [0.25, 0.3) is 22.5 Å². The predicted octanol–water partition coefficient (Wildman–Crippen LogP) is 5.03. The number of halogens is 5. The summed E-state index contributed by atoms with van der Waals surface area (Å²) in [6, 6.07) is 8.05. The van der Waals surface area contributed by atoms with Gasteiger partial charge in [-0.05, 0) is 36.8 Å². The Kier molecular flexibility index (Phi) is 5.22. The number of aromatic nitrogens is 2. The SMILES string of the molecule is Cc1c(Cl)cc(-c2[nH]c(C(F)(F)F)nc2-c2cccc(S(N)(=O)=O)c2)cc1Cl. The summed E-state index contributed by atoms with van der Waals surface area (Å²) in [7, 11) is -4.05. The van der Waals surface area contributed by atoms with Crippen LogP contribution in [0.3, 0.4) is 0 Å². The third kappa shape index (κ3) is 4.02. The maximum absolute atomic E-state index is 13.2. The van der Waals surface area contributed by atoms with Crippen LogP contribution in [-0.4, -0.2) is 18.4 Å². The molecule has 3 N–H and O–H groups in total. The average Bonchev–Trinajstić information content (AvgIpc) is 3.04. The number of H-pyrrole nitrogens is 1. The van der Waals surface area contributed by atoms with Crippen LogP contribution in [0.2, 0.25) is 10.0 Å². The molecule has 0 amide bonds. The van der Waals surface area contributed by atoms with Gasteiger partial charge in [0.25, 0.3) is 0 Å². The minimum atomic E-state index is -4.75. The fraction of sp³-hybridized carbons (Fsp3) is 0.118. The van der Waals surface area contributed by atoms with Crippen LogP contribution < -0.4 is 5.14 Å². The van der Waals surface area contributed by atoms with Gasteiger partial charge in [-0.2, -0.15) is 13.2 Å². The number of hydrogen-bond acceptors (Lipinski definition) is 3. The van der Waals surface area contributed by atoms with Crippen LogP contribution in [0.15, 0.2) is 41.3 Å². The van der Waals surface area contributed by atoms with Crippen molar-refractivity contribution in [3.05, 3.63) is 57.8 Å². The number of benzene rings is 2. The van der Waals surface area contributed by atoms with E-state index < -0.39 is 22.0 Å². The molecule has 0 spiro atoms. The highest BCUT2D eigenvalue weighted by Crippen LogP contribution is 2.38. The van der Waals surface area contributed by atoms with Crippen LogP contribution in [0.1, 0.15) is 11.4 Å². The minimum Gasteiger partial charge on any atom is -0.334 e. The molecule has 28 heavy (non-hydrogen) atoms. The van der Waals surface area contributed by atoms with Gasteiger partial charge in [-0.25, -0.2) is 18.5 Å². The zero-order valence-corrected chi connectivity index (χ0v) is 16.4. The van der Waals surface area contributed by atoms with Crippen molar-refractivity contribution >= 4 is 33.2 Å². The first-order valence-electron chi connectivity index (χ1n) is 7.64. The van der Waals surface area contributed by atoms with Gasteiger partial charge < -0.3 is 4.98 Å². The zero-order chi connectivity index (χ0) is 20.9. The van der Waals surface area contributed by atoms with E-state index in [4.69, 9.17) is 28.3 Å². The van der Waals surface area contributed by atoms with Gasteiger partial charge in [0.05, 0.1) is 16.3 Å². The largest absolute Gasteiger partial charge is 0.449 e. The van der Waals surface area contributed by atoms with Gasteiger partial charge in [0.2, 0.25) is 15.8 Å². The van der Waals surface area contributed by atoms with Gasteiger partial charge in [-0.15, -0.1) is 0 Å². The molecule has 0 saturated carbocycles. The Labute approximate surface area is 168 Å². The molecule has 3 aromatic rings. The Morgan fingerprint density at radius 3 is 2.21 bits per heavy atom. The molecule has 5 nitrogen and oxygen atoms in total. The lowest BCUT2D eigenvalue weighted by Crippen LogP contribution is -2.12. The standard InChI is InChI=1S/C17H12Cl2F3N3O2S/c1-8-12(18)6-10(7-13(8)19)15-14(24-16(25-15)17(20,21)22)9-3-2-4-11(5-9)28(23,26)27/h2-7H,1H3,(H,24,25)(H2,23,26,27). The van der Waals surface area contributed by atoms with Crippen LogP contribution in [-0.2, 0) is 16.2 Å². The van der Waals surface area contributed by atoms with Crippen molar-refractivity contribution in [2.24, 2.45) is 5.14 Å². The average molecular weight is 450 g/mol. The van der Waals surface area contributed by atoms with E-state index in [9.17, 15) is 21.6 Å². The molecule has 0 radical (unpaired) electrons. The Morgan fingerprint density at radius 2 is 1.68 bits per heavy atom. The first-order valence-corrected chi connectivity index (χ1v) is 9.94. The molecule has 0 saturated heterocycles. The molecule has 1 aromatic heterocycles. The zero-order valence-electron chi connectivity index (χ0n) is 14.1. The summed E-state index contributed by atoms with van der Waals surface area (Å²) in [5, 5.41) is 5.63. The third-order valence-electron chi connectivity index (χ3n) is 3.98. The van der Waals surface area contributed by atoms with Gasteiger partial charge in [-0.1, -0.05) is 35.3 Å². The molecule has 1 heterocycles. The summed E-state index contributed by atoms with van der Waals surface area (Å²) < 4.78 is 62.9. The number of nitrogens with zero attached hydrogens (tertiary/aromatic N) is 1. The molecule has 0 atom stereocenters. The van der Waals surface area contributed by atoms with Crippen molar-refractivity contribution < 1.29 is 21.6 Å². The van der Waals surface area contributed by atoms with E-state index in [0.29, 0.717) is 5.56 Å². The predicted molar refractivity (Wildman–Crippen MR) is 101 cm³/mol. The number of alkyl halides is 3. The van der Waals surface area contributed by atoms with Crippen molar-refractivity contribution in [1.82, 2.24) is 9.97 Å². The summed E-state index contributed by atoms with van der Waals surface area (Å²) in [6.45, 7) is 1.67. The Bertz CT molecular complexity index is 1150. The second-order valence-electron chi connectivity index (χ2n) is 5.94. The fourth-order valence-electron chi connectivity index (χ4n) is 2.54. The van der Waals surface area contributed by atoms with Crippen LogP contribution in [0, 0.1) is 6.92 Å². The highest BCUT2D eigenvalue weighted by molar-refractivity contribution is 7.89. The molecule has 3 rings (SSSR count). The van der Waals surface area contributed by atoms with Gasteiger partial charge in [-0.3, -0.25) is 0 Å². The normalized spacial score (nSPS) is 12.4. The first kappa shape index (κ1) is 20.7. The summed E-state index contributed by atoms with van der Waals surface area (Å²) in [4.78, 5) is 5.61. The van der Waals surface area contributed by atoms with Crippen molar-refractivity contribution in [3.8, 4) is 22.5 Å². The van der Waals surface area contributed by atoms with Gasteiger partial charge in [0.15, 0.2) is 0 Å². The van der Waals surface area contributed by atoms with Gasteiger partial charge in [0, 0.05) is 21.2 Å². The van der Waals surface area contributed by atoms with Crippen LogP contribution in [0.4, 0.5) is 13.2 Å². The number of nitrogens with two attached hydrogens (primary N) is 1. The third-order valence-corrected chi connectivity index (χ3v) is 5.67. The molecular weight excluding hydrogens is 438 g/mol. The fourth-order valence-corrected chi connectivity index (χ4v) is 3.58. The number of aromatic amines is 1. The maximum atomic E-state index is 13.2. The second kappa shape index (κ2) is 7.07. The highest BCUT2D eigenvalue weighted by atomic mass is 35.5. The first-order chi connectivity index (χ1) is 12.9. The van der Waals surface area contributed by atoms with Crippen molar-refractivity contribution in [3.63, 3.8) is 0 Å². The maximum Gasteiger partial charge on any atom is 0.449 e. The topological polar surface area (TPSA) is 88.8 Å². The molecule has 0 aliphatic heterocycles. The highest BCUT2D eigenvalue weighted by Gasteiger charge is 2.36. The number of imidazole rings is 1. The van der Waals surface area contributed by atoms with Crippen LogP contribution in [0.5, 0.6) is 0 Å². The van der Waals surface area contributed by atoms with E-state index in [1.54, 1.807) is 6.92 Å². The lowest BCUT2D eigenvalue weighted by Gasteiger charge is -2.08. The minimum absolute atomic E-state index is 0.0114. The Hall–Kier alpha value is -2.07. The Morgan fingerprint density at radius 1 is 1.07 bits per heavy atom. The van der Waals surface area contributed by atoms with Crippen molar-refractivity contribution in [2.75, 3.05) is 0 Å². The molecule has 0 fully saturated rings. The summed E-state index contributed by atoms with van der Waals surface area (Å²) in [6.07, 6.45) is -4.75. The quantitative estimate of drug-likeness (QED) is 0.587. The monoisotopic (exact) mass is 449 g/mol. The molecule has 0 unspecified atom stereocenters. The summed E-state index contributed by atoms with van der Waals surface area (Å²) in [5.74, 6) is -1.24. The second-order valence-corrected chi connectivity index (χ2v) is 8.32.